The van der Waals surface area contributed by atoms with Gasteiger partial charge in [0.25, 0.3) is 11.5 Å². The van der Waals surface area contributed by atoms with Crippen LogP contribution in [0.2, 0.25) is 0 Å². The molecular formula is C22H21N3O4S. The predicted molar refractivity (Wildman–Crippen MR) is 115 cm³/mol. The number of amides is 1. The molecule has 0 saturated carbocycles. The largest absolute Gasteiger partial charge is 0.493 e. The molecule has 8 heteroatoms. The number of thiophene rings is 1. The van der Waals surface area contributed by atoms with Crippen LogP contribution in [0.15, 0.2) is 70.0 Å². The molecule has 4 rings (SSSR count). The van der Waals surface area contributed by atoms with Crippen LogP contribution in [0.25, 0.3) is 0 Å². The van der Waals surface area contributed by atoms with Gasteiger partial charge in [-0.25, -0.2) is 5.01 Å². The SMILES string of the molecule is COc1ccc(C2CC(c3cccs3)=NN2C(=O)Cn2ccccc2=O)cc1OC. The van der Waals surface area contributed by atoms with E-state index in [1.165, 1.54) is 15.6 Å². The highest BCUT2D eigenvalue weighted by Gasteiger charge is 2.34. The number of benzene rings is 1. The number of carbonyl (C=O) groups is 1. The molecule has 0 bridgehead atoms. The summed E-state index contributed by atoms with van der Waals surface area (Å²) in [5, 5.41) is 8.10. The van der Waals surface area contributed by atoms with E-state index in [2.05, 4.69) is 5.10 Å². The third-order valence-electron chi connectivity index (χ3n) is 4.97. The standard InChI is InChI=1S/C22H21N3O4S/c1-28-18-9-8-15(12-19(18)29-2)17-13-16(20-6-5-11-30-20)23-25(17)22(27)14-24-10-4-3-7-21(24)26/h3-12,17H,13-14H2,1-2H3. The number of carbonyl (C=O) groups excluding carboxylic acids is 1. The number of pyridine rings is 1. The molecule has 0 aliphatic carbocycles. The van der Waals surface area contributed by atoms with Crippen molar-refractivity contribution >= 4 is 23.0 Å². The molecule has 2 aromatic heterocycles. The first kappa shape index (κ1) is 19.9. The van der Waals surface area contributed by atoms with Crippen LogP contribution in [0, 0.1) is 0 Å². The highest BCUT2D eigenvalue weighted by Crippen LogP contribution is 2.37. The summed E-state index contributed by atoms with van der Waals surface area (Å²) in [7, 11) is 3.16. The van der Waals surface area contributed by atoms with Crippen LogP contribution < -0.4 is 15.0 Å². The second-order valence-corrected chi connectivity index (χ2v) is 7.71. The third kappa shape index (κ3) is 3.86. The molecule has 0 radical (unpaired) electrons. The fourth-order valence-corrected chi connectivity index (χ4v) is 4.18. The lowest BCUT2D eigenvalue weighted by Crippen LogP contribution is -2.33. The Balaban J connectivity index is 1.69. The maximum Gasteiger partial charge on any atom is 0.263 e. The van der Waals surface area contributed by atoms with Crippen LogP contribution in [-0.2, 0) is 11.3 Å². The predicted octanol–water partition coefficient (Wildman–Crippen LogP) is 3.30. The first-order valence-corrected chi connectivity index (χ1v) is 10.3. The van der Waals surface area contributed by atoms with Crippen molar-refractivity contribution in [1.29, 1.82) is 0 Å². The van der Waals surface area contributed by atoms with Crippen molar-refractivity contribution < 1.29 is 14.3 Å². The van der Waals surface area contributed by atoms with Crippen LogP contribution in [-0.4, -0.2) is 35.4 Å². The zero-order valence-corrected chi connectivity index (χ0v) is 17.5. The van der Waals surface area contributed by atoms with Gasteiger partial charge in [0.15, 0.2) is 11.5 Å². The van der Waals surface area contributed by atoms with Crippen molar-refractivity contribution in [2.45, 2.75) is 19.0 Å². The molecule has 1 amide bonds. The topological polar surface area (TPSA) is 73.1 Å². The second kappa shape index (κ2) is 8.54. The third-order valence-corrected chi connectivity index (χ3v) is 5.89. The van der Waals surface area contributed by atoms with Gasteiger partial charge in [0.2, 0.25) is 0 Å². The minimum atomic E-state index is -0.297. The lowest BCUT2D eigenvalue weighted by Gasteiger charge is -2.23. The lowest BCUT2D eigenvalue weighted by atomic mass is 10.0. The Morgan fingerprint density at radius 2 is 1.97 bits per heavy atom. The Labute approximate surface area is 177 Å². The quantitative estimate of drug-likeness (QED) is 0.610. The summed E-state index contributed by atoms with van der Waals surface area (Å²) in [6.45, 7) is -0.0787. The van der Waals surface area contributed by atoms with Gasteiger partial charge in [-0.3, -0.25) is 9.59 Å². The van der Waals surface area contributed by atoms with Crippen molar-refractivity contribution in [2.75, 3.05) is 14.2 Å². The molecule has 0 spiro atoms. The summed E-state index contributed by atoms with van der Waals surface area (Å²) in [5.41, 5.74) is 1.51. The van der Waals surface area contributed by atoms with Crippen LogP contribution in [0.4, 0.5) is 0 Å². The van der Waals surface area contributed by atoms with Gasteiger partial charge in [0, 0.05) is 18.7 Å². The Kier molecular flexibility index (Phi) is 5.67. The number of hydrazone groups is 1. The maximum absolute atomic E-state index is 13.1. The van der Waals surface area contributed by atoms with Crippen LogP contribution in [0.5, 0.6) is 11.5 Å². The van der Waals surface area contributed by atoms with Gasteiger partial charge in [0.1, 0.15) is 6.54 Å². The molecule has 1 aliphatic heterocycles. The van der Waals surface area contributed by atoms with Crippen LogP contribution in [0.1, 0.15) is 22.9 Å². The van der Waals surface area contributed by atoms with E-state index >= 15 is 0 Å². The highest BCUT2D eigenvalue weighted by molar-refractivity contribution is 7.12. The number of methoxy groups -OCH3 is 2. The fraction of sp³-hybridized carbons (Fsp3) is 0.227. The number of ether oxygens (including phenoxy) is 2. The Bertz CT molecular complexity index is 1140. The molecular weight excluding hydrogens is 402 g/mol. The minimum absolute atomic E-state index is 0.0787. The van der Waals surface area contributed by atoms with E-state index in [9.17, 15) is 9.59 Å². The first-order chi connectivity index (χ1) is 14.6. The molecule has 154 valence electrons. The minimum Gasteiger partial charge on any atom is -0.493 e. The molecule has 1 atom stereocenters. The molecule has 3 aromatic rings. The molecule has 1 aromatic carbocycles. The number of nitrogens with zero attached hydrogens (tertiary/aromatic N) is 3. The summed E-state index contributed by atoms with van der Waals surface area (Å²) in [6.07, 6.45) is 2.18. The Morgan fingerprint density at radius 1 is 1.13 bits per heavy atom. The zero-order valence-electron chi connectivity index (χ0n) is 16.6. The first-order valence-electron chi connectivity index (χ1n) is 9.41. The normalized spacial score (nSPS) is 15.7. The number of rotatable bonds is 6. The van der Waals surface area contributed by atoms with Gasteiger partial charge in [-0.1, -0.05) is 18.2 Å². The monoisotopic (exact) mass is 423 g/mol. The van der Waals surface area contributed by atoms with Gasteiger partial charge in [-0.2, -0.15) is 5.10 Å². The second-order valence-electron chi connectivity index (χ2n) is 6.76. The van der Waals surface area contributed by atoms with E-state index in [0.29, 0.717) is 17.9 Å². The van der Waals surface area contributed by atoms with Crippen molar-refractivity contribution in [1.82, 2.24) is 9.58 Å². The van der Waals surface area contributed by atoms with E-state index in [1.807, 2.05) is 35.7 Å². The summed E-state index contributed by atoms with van der Waals surface area (Å²) in [6, 6.07) is 14.1. The Hall–Kier alpha value is -3.39. The Morgan fingerprint density at radius 3 is 2.67 bits per heavy atom. The summed E-state index contributed by atoms with van der Waals surface area (Å²) in [5.74, 6) is 0.952. The van der Waals surface area contributed by atoms with Crippen molar-refractivity contribution in [3.05, 3.63) is 80.9 Å². The molecule has 0 N–H and O–H groups in total. The van der Waals surface area contributed by atoms with E-state index in [4.69, 9.17) is 9.47 Å². The number of hydrogen-bond acceptors (Lipinski definition) is 6. The molecule has 0 fully saturated rings. The average molecular weight is 423 g/mol. The fourth-order valence-electron chi connectivity index (χ4n) is 3.46. The van der Waals surface area contributed by atoms with Gasteiger partial charge >= 0.3 is 0 Å². The molecule has 30 heavy (non-hydrogen) atoms. The van der Waals surface area contributed by atoms with Crippen molar-refractivity contribution in [3.63, 3.8) is 0 Å². The van der Waals surface area contributed by atoms with E-state index in [0.717, 1.165) is 16.2 Å². The van der Waals surface area contributed by atoms with Crippen molar-refractivity contribution in [3.8, 4) is 11.5 Å². The molecule has 1 unspecified atom stereocenters. The van der Waals surface area contributed by atoms with Gasteiger partial charge < -0.3 is 14.0 Å². The van der Waals surface area contributed by atoms with Gasteiger partial charge in [-0.15, -0.1) is 11.3 Å². The molecule has 0 saturated heterocycles. The van der Waals surface area contributed by atoms with E-state index < -0.39 is 0 Å². The van der Waals surface area contributed by atoms with Crippen LogP contribution >= 0.6 is 11.3 Å². The summed E-state index contributed by atoms with van der Waals surface area (Å²) < 4.78 is 12.1. The van der Waals surface area contributed by atoms with Crippen molar-refractivity contribution in [2.24, 2.45) is 5.10 Å². The summed E-state index contributed by atoms with van der Waals surface area (Å²) in [4.78, 5) is 26.2. The average Bonchev–Trinajstić information content (AvgIpc) is 3.45. The molecule has 1 aliphatic rings. The zero-order chi connectivity index (χ0) is 21.1. The molecule has 7 nitrogen and oxygen atoms in total. The van der Waals surface area contributed by atoms with E-state index in [-0.39, 0.29) is 24.1 Å². The maximum atomic E-state index is 13.1. The molecule has 3 heterocycles. The van der Waals surface area contributed by atoms with Gasteiger partial charge in [0.05, 0.1) is 30.9 Å². The van der Waals surface area contributed by atoms with E-state index in [1.54, 1.807) is 43.9 Å². The van der Waals surface area contributed by atoms with Crippen LogP contribution in [0.3, 0.4) is 0 Å². The lowest BCUT2D eigenvalue weighted by molar-refractivity contribution is -0.133. The summed E-state index contributed by atoms with van der Waals surface area (Å²) >= 11 is 1.58. The van der Waals surface area contributed by atoms with Gasteiger partial charge in [-0.05, 0) is 35.2 Å². The number of aromatic nitrogens is 1. The smallest absolute Gasteiger partial charge is 0.263 e. The number of hydrogen-bond donors (Lipinski definition) is 0. The highest BCUT2D eigenvalue weighted by atomic mass is 32.1.